The fraction of sp³-hybridized carbons (Fsp3) is 0.111. The molecular formula is C18H16N4S. The van der Waals surface area contributed by atoms with E-state index in [-0.39, 0.29) is 0 Å². The topological polar surface area (TPSA) is 56.2 Å². The zero-order valence-electron chi connectivity index (χ0n) is 12.9. The molecule has 3 aromatic heterocycles. The average molecular weight is 320 g/mol. The van der Waals surface area contributed by atoms with Crippen LogP contribution in [0, 0.1) is 13.8 Å². The van der Waals surface area contributed by atoms with Crippen molar-refractivity contribution in [2.45, 2.75) is 13.8 Å². The van der Waals surface area contributed by atoms with Crippen LogP contribution in [0.2, 0.25) is 0 Å². The molecule has 0 aliphatic heterocycles. The summed E-state index contributed by atoms with van der Waals surface area (Å²) in [7, 11) is 0. The van der Waals surface area contributed by atoms with E-state index in [1.807, 2.05) is 43.5 Å². The summed E-state index contributed by atoms with van der Waals surface area (Å²) in [4.78, 5) is 9.50. The van der Waals surface area contributed by atoms with Gasteiger partial charge in [-0.2, -0.15) is 0 Å². The SMILES string of the molecule is Cc1nc2c(C)cccn2c1-c1csc(-c2cccc(N)c2)n1. The molecular weight excluding hydrogens is 304 g/mol. The number of pyridine rings is 1. The molecule has 4 rings (SSSR count). The first-order chi connectivity index (χ1) is 11.1. The van der Waals surface area contributed by atoms with Crippen molar-refractivity contribution in [3.8, 4) is 22.0 Å². The molecule has 23 heavy (non-hydrogen) atoms. The number of hydrogen-bond donors (Lipinski definition) is 1. The second-order valence-electron chi connectivity index (χ2n) is 5.59. The molecule has 0 fully saturated rings. The number of aromatic nitrogens is 3. The highest BCUT2D eigenvalue weighted by Crippen LogP contribution is 2.32. The van der Waals surface area contributed by atoms with Crippen LogP contribution < -0.4 is 5.73 Å². The molecule has 114 valence electrons. The smallest absolute Gasteiger partial charge is 0.140 e. The van der Waals surface area contributed by atoms with Crippen molar-refractivity contribution in [2.75, 3.05) is 5.73 Å². The number of hydrogen-bond acceptors (Lipinski definition) is 4. The summed E-state index contributed by atoms with van der Waals surface area (Å²) < 4.78 is 2.11. The molecule has 0 aliphatic rings. The van der Waals surface area contributed by atoms with E-state index in [1.165, 1.54) is 0 Å². The molecule has 1 aromatic carbocycles. The van der Waals surface area contributed by atoms with Crippen LogP contribution in [0.4, 0.5) is 5.69 Å². The summed E-state index contributed by atoms with van der Waals surface area (Å²) in [5.41, 5.74) is 12.8. The Morgan fingerprint density at radius 1 is 1.09 bits per heavy atom. The third-order valence-electron chi connectivity index (χ3n) is 3.90. The van der Waals surface area contributed by atoms with Gasteiger partial charge in [0.2, 0.25) is 0 Å². The largest absolute Gasteiger partial charge is 0.399 e. The quantitative estimate of drug-likeness (QED) is 0.559. The van der Waals surface area contributed by atoms with Crippen LogP contribution in [-0.2, 0) is 0 Å². The molecule has 2 N–H and O–H groups in total. The lowest BCUT2D eigenvalue weighted by molar-refractivity contribution is 1.15. The first-order valence-corrected chi connectivity index (χ1v) is 8.27. The van der Waals surface area contributed by atoms with Gasteiger partial charge in [0.25, 0.3) is 0 Å². The molecule has 0 aliphatic carbocycles. The normalized spacial score (nSPS) is 11.2. The summed E-state index contributed by atoms with van der Waals surface area (Å²) >= 11 is 1.62. The highest BCUT2D eigenvalue weighted by atomic mass is 32.1. The van der Waals surface area contributed by atoms with Crippen molar-refractivity contribution in [3.05, 3.63) is 59.2 Å². The Morgan fingerprint density at radius 2 is 1.96 bits per heavy atom. The van der Waals surface area contributed by atoms with Gasteiger partial charge in [-0.05, 0) is 37.6 Å². The molecule has 0 saturated carbocycles. The van der Waals surface area contributed by atoms with Gasteiger partial charge in [-0.3, -0.25) is 4.40 Å². The molecule has 3 heterocycles. The molecule has 0 radical (unpaired) electrons. The molecule has 0 spiro atoms. The number of anilines is 1. The van der Waals surface area contributed by atoms with E-state index < -0.39 is 0 Å². The molecule has 5 heteroatoms. The number of nitrogens with zero attached hydrogens (tertiary/aromatic N) is 3. The second kappa shape index (κ2) is 5.21. The zero-order valence-corrected chi connectivity index (χ0v) is 13.8. The third-order valence-corrected chi connectivity index (χ3v) is 4.79. The standard InChI is InChI=1S/C18H16N4S/c1-11-5-4-8-22-16(12(2)20-17(11)22)15-10-23-18(21-15)13-6-3-7-14(19)9-13/h3-10H,19H2,1-2H3. The van der Waals surface area contributed by atoms with E-state index in [9.17, 15) is 0 Å². The summed E-state index contributed by atoms with van der Waals surface area (Å²) in [6.07, 6.45) is 2.04. The molecule has 4 aromatic rings. The number of imidazole rings is 1. The van der Waals surface area contributed by atoms with Crippen LogP contribution in [0.25, 0.3) is 27.6 Å². The van der Waals surface area contributed by atoms with Crippen LogP contribution in [0.3, 0.4) is 0 Å². The lowest BCUT2D eigenvalue weighted by Crippen LogP contribution is -1.91. The molecule has 0 bridgehead atoms. The lowest BCUT2D eigenvalue weighted by atomic mass is 10.2. The summed E-state index contributed by atoms with van der Waals surface area (Å²) in [6, 6.07) is 11.9. The Hall–Kier alpha value is -2.66. The van der Waals surface area contributed by atoms with Gasteiger partial charge in [-0.15, -0.1) is 11.3 Å². The maximum absolute atomic E-state index is 5.88. The minimum atomic E-state index is 0.751. The Balaban J connectivity index is 1.87. The Morgan fingerprint density at radius 3 is 2.78 bits per heavy atom. The van der Waals surface area contributed by atoms with Gasteiger partial charge in [0, 0.05) is 22.8 Å². The maximum Gasteiger partial charge on any atom is 0.140 e. The lowest BCUT2D eigenvalue weighted by Gasteiger charge is -2.01. The highest BCUT2D eigenvalue weighted by molar-refractivity contribution is 7.13. The first kappa shape index (κ1) is 14.0. The van der Waals surface area contributed by atoms with Gasteiger partial charge in [-0.1, -0.05) is 18.2 Å². The minimum absolute atomic E-state index is 0.751. The van der Waals surface area contributed by atoms with E-state index >= 15 is 0 Å². The van der Waals surface area contributed by atoms with Gasteiger partial charge >= 0.3 is 0 Å². The first-order valence-electron chi connectivity index (χ1n) is 7.39. The van der Waals surface area contributed by atoms with E-state index in [2.05, 4.69) is 22.8 Å². The third kappa shape index (κ3) is 2.29. The van der Waals surface area contributed by atoms with Crippen molar-refractivity contribution < 1.29 is 0 Å². The van der Waals surface area contributed by atoms with Crippen molar-refractivity contribution in [2.24, 2.45) is 0 Å². The van der Waals surface area contributed by atoms with E-state index in [1.54, 1.807) is 11.3 Å². The number of aryl methyl sites for hydroxylation is 2. The second-order valence-corrected chi connectivity index (χ2v) is 6.45. The van der Waals surface area contributed by atoms with E-state index in [4.69, 9.17) is 15.7 Å². The van der Waals surface area contributed by atoms with Gasteiger partial charge in [0.1, 0.15) is 16.3 Å². The molecule has 0 unspecified atom stereocenters. The Kier molecular flexibility index (Phi) is 3.16. The van der Waals surface area contributed by atoms with Gasteiger partial charge in [0.05, 0.1) is 11.4 Å². The maximum atomic E-state index is 5.88. The van der Waals surface area contributed by atoms with E-state index in [0.717, 1.165) is 44.6 Å². The van der Waals surface area contributed by atoms with Crippen molar-refractivity contribution in [1.82, 2.24) is 14.4 Å². The molecule has 0 amide bonds. The molecule has 4 nitrogen and oxygen atoms in total. The fourth-order valence-corrected chi connectivity index (χ4v) is 3.61. The highest BCUT2D eigenvalue weighted by Gasteiger charge is 2.15. The van der Waals surface area contributed by atoms with Gasteiger partial charge < -0.3 is 5.73 Å². The van der Waals surface area contributed by atoms with Crippen molar-refractivity contribution in [3.63, 3.8) is 0 Å². The average Bonchev–Trinajstić information content (AvgIpc) is 3.12. The van der Waals surface area contributed by atoms with Gasteiger partial charge in [-0.25, -0.2) is 9.97 Å². The predicted octanol–water partition coefficient (Wildman–Crippen LogP) is 4.32. The summed E-state index contributed by atoms with van der Waals surface area (Å²) in [5.74, 6) is 0. The van der Waals surface area contributed by atoms with Crippen LogP contribution >= 0.6 is 11.3 Å². The number of nitrogens with two attached hydrogens (primary N) is 1. The number of fused-ring (bicyclic) bond motifs is 1. The number of nitrogen functional groups attached to an aromatic ring is 1. The summed E-state index contributed by atoms with van der Waals surface area (Å²) in [5, 5.41) is 3.05. The van der Waals surface area contributed by atoms with Crippen LogP contribution in [0.1, 0.15) is 11.3 Å². The number of benzene rings is 1. The van der Waals surface area contributed by atoms with Crippen LogP contribution in [0.5, 0.6) is 0 Å². The fourth-order valence-electron chi connectivity index (χ4n) is 2.81. The van der Waals surface area contributed by atoms with Crippen molar-refractivity contribution >= 4 is 22.7 Å². The van der Waals surface area contributed by atoms with Crippen molar-refractivity contribution in [1.29, 1.82) is 0 Å². The minimum Gasteiger partial charge on any atom is -0.399 e. The number of rotatable bonds is 2. The number of thiazole rings is 1. The zero-order chi connectivity index (χ0) is 16.0. The summed E-state index contributed by atoms with van der Waals surface area (Å²) in [6.45, 7) is 4.10. The Labute approximate surface area is 138 Å². The monoisotopic (exact) mass is 320 g/mol. The van der Waals surface area contributed by atoms with Crippen LogP contribution in [-0.4, -0.2) is 14.4 Å². The molecule has 0 atom stereocenters. The Bertz CT molecular complexity index is 1010. The van der Waals surface area contributed by atoms with E-state index in [0.29, 0.717) is 0 Å². The van der Waals surface area contributed by atoms with Crippen LogP contribution in [0.15, 0.2) is 48.0 Å². The predicted molar refractivity (Wildman–Crippen MR) is 95.6 cm³/mol. The van der Waals surface area contributed by atoms with Gasteiger partial charge in [0.15, 0.2) is 0 Å². The molecule has 0 saturated heterocycles.